The average molecular weight is 426 g/mol. The lowest BCUT2D eigenvalue weighted by Crippen LogP contribution is -2.30. The van der Waals surface area contributed by atoms with E-state index in [-0.39, 0.29) is 11.9 Å². The first kappa shape index (κ1) is 21.4. The number of benzene rings is 3. The van der Waals surface area contributed by atoms with E-state index in [2.05, 4.69) is 22.5 Å². The molecule has 1 atom stereocenters. The lowest BCUT2D eigenvalue weighted by Gasteiger charge is -2.20. The Morgan fingerprint density at radius 2 is 1.50 bits per heavy atom. The van der Waals surface area contributed by atoms with Gasteiger partial charge < -0.3 is 10.1 Å². The lowest BCUT2D eigenvalue weighted by molar-refractivity contribution is 0.0941. The first-order valence-corrected chi connectivity index (χ1v) is 10.6. The van der Waals surface area contributed by atoms with Crippen LogP contribution in [-0.2, 0) is 6.54 Å². The molecule has 1 heterocycles. The highest BCUT2D eigenvalue weighted by molar-refractivity contribution is 5.96. The van der Waals surface area contributed by atoms with E-state index < -0.39 is 0 Å². The minimum Gasteiger partial charge on any atom is -0.497 e. The van der Waals surface area contributed by atoms with E-state index in [1.165, 1.54) is 0 Å². The van der Waals surface area contributed by atoms with Crippen LogP contribution >= 0.6 is 0 Å². The van der Waals surface area contributed by atoms with Gasteiger partial charge in [0.15, 0.2) is 0 Å². The highest BCUT2D eigenvalue weighted by Gasteiger charge is 2.23. The number of hydrogen-bond acceptors (Lipinski definition) is 3. The maximum absolute atomic E-state index is 13.4. The van der Waals surface area contributed by atoms with E-state index in [0.29, 0.717) is 12.1 Å². The second kappa shape index (κ2) is 9.52. The van der Waals surface area contributed by atoms with Crippen LogP contribution in [0.2, 0.25) is 0 Å². The molecule has 162 valence electrons. The summed E-state index contributed by atoms with van der Waals surface area (Å²) in [7, 11) is 1.64. The fraction of sp³-hybridized carbons (Fsp3) is 0.185. The van der Waals surface area contributed by atoms with Crippen molar-refractivity contribution >= 4 is 5.91 Å². The Hall–Kier alpha value is -3.86. The minimum absolute atomic E-state index is 0.135. The Bertz CT molecular complexity index is 1180. The molecular formula is C27H27N3O2. The third-order valence-corrected chi connectivity index (χ3v) is 5.64. The summed E-state index contributed by atoms with van der Waals surface area (Å²) in [6.07, 6.45) is 0. The predicted molar refractivity (Wildman–Crippen MR) is 126 cm³/mol. The molecule has 0 saturated carbocycles. The molecule has 0 saturated heterocycles. The van der Waals surface area contributed by atoms with Gasteiger partial charge in [0.2, 0.25) is 0 Å². The second-order valence-electron chi connectivity index (χ2n) is 7.78. The van der Waals surface area contributed by atoms with Gasteiger partial charge in [0, 0.05) is 5.69 Å². The smallest absolute Gasteiger partial charge is 0.255 e. The van der Waals surface area contributed by atoms with Crippen LogP contribution in [0.1, 0.15) is 44.5 Å². The van der Waals surface area contributed by atoms with E-state index >= 15 is 0 Å². The van der Waals surface area contributed by atoms with Gasteiger partial charge in [-0.05, 0) is 42.7 Å². The van der Waals surface area contributed by atoms with E-state index in [9.17, 15) is 4.79 Å². The van der Waals surface area contributed by atoms with Gasteiger partial charge >= 0.3 is 0 Å². The topological polar surface area (TPSA) is 56.1 Å². The molecule has 3 aromatic carbocycles. The Labute approximate surface area is 188 Å². The monoisotopic (exact) mass is 425 g/mol. The maximum atomic E-state index is 13.4. The molecule has 1 amide bonds. The normalized spacial score (nSPS) is 11.7. The second-order valence-corrected chi connectivity index (χ2v) is 7.78. The highest BCUT2D eigenvalue weighted by Crippen LogP contribution is 2.25. The van der Waals surface area contributed by atoms with Crippen molar-refractivity contribution in [2.24, 2.45) is 0 Å². The number of nitrogens with one attached hydrogen (secondary N) is 1. The number of nitrogens with zero attached hydrogens (tertiary/aromatic N) is 2. The van der Waals surface area contributed by atoms with Gasteiger partial charge in [0.25, 0.3) is 5.91 Å². The molecule has 4 aromatic rings. The standard InChI is InChI=1S/C27H27N3O2/c1-19-25(20(2)30(29-19)18-21-10-6-4-7-11-21)27(31)28-26(22-12-8-5-9-13-22)23-14-16-24(32-3)17-15-23/h4-17,26H,18H2,1-3H3,(H,28,31). The number of hydrogen-bond donors (Lipinski definition) is 1. The highest BCUT2D eigenvalue weighted by atomic mass is 16.5. The molecule has 0 fully saturated rings. The molecule has 0 radical (unpaired) electrons. The zero-order valence-corrected chi connectivity index (χ0v) is 18.6. The number of aromatic nitrogens is 2. The third kappa shape index (κ3) is 4.57. The van der Waals surface area contributed by atoms with Crippen molar-refractivity contribution in [1.29, 1.82) is 0 Å². The molecule has 4 rings (SSSR count). The predicted octanol–water partition coefficient (Wildman–Crippen LogP) is 5.08. The Kier molecular flexibility index (Phi) is 6.36. The van der Waals surface area contributed by atoms with E-state index in [1.54, 1.807) is 7.11 Å². The molecule has 0 spiro atoms. The number of aryl methyl sites for hydroxylation is 1. The summed E-state index contributed by atoms with van der Waals surface area (Å²) in [5, 5.41) is 7.87. The number of carbonyl (C=O) groups is 1. The van der Waals surface area contributed by atoms with Crippen molar-refractivity contribution in [3.63, 3.8) is 0 Å². The molecule has 1 N–H and O–H groups in total. The zero-order chi connectivity index (χ0) is 22.5. The minimum atomic E-state index is -0.286. The zero-order valence-electron chi connectivity index (χ0n) is 18.6. The molecular weight excluding hydrogens is 398 g/mol. The van der Waals surface area contributed by atoms with E-state index in [0.717, 1.165) is 33.8 Å². The molecule has 1 aromatic heterocycles. The Morgan fingerprint density at radius 1 is 0.906 bits per heavy atom. The average Bonchev–Trinajstić information content (AvgIpc) is 3.11. The first-order valence-electron chi connectivity index (χ1n) is 10.6. The number of methoxy groups -OCH3 is 1. The summed E-state index contributed by atoms with van der Waals surface area (Å²) in [6.45, 7) is 4.46. The fourth-order valence-corrected chi connectivity index (χ4v) is 3.94. The van der Waals surface area contributed by atoms with Crippen LogP contribution in [0.3, 0.4) is 0 Å². The van der Waals surface area contributed by atoms with Crippen LogP contribution in [0, 0.1) is 13.8 Å². The fourth-order valence-electron chi connectivity index (χ4n) is 3.94. The Morgan fingerprint density at radius 3 is 2.12 bits per heavy atom. The van der Waals surface area contributed by atoms with Crippen LogP contribution in [0.4, 0.5) is 0 Å². The molecule has 0 aliphatic rings. The lowest BCUT2D eigenvalue weighted by atomic mass is 9.98. The quantitative estimate of drug-likeness (QED) is 0.449. The number of amides is 1. The van der Waals surface area contributed by atoms with Gasteiger partial charge in [0.1, 0.15) is 5.75 Å². The third-order valence-electron chi connectivity index (χ3n) is 5.64. The molecule has 0 aliphatic carbocycles. The van der Waals surface area contributed by atoms with Crippen molar-refractivity contribution < 1.29 is 9.53 Å². The van der Waals surface area contributed by atoms with E-state index in [1.807, 2.05) is 91.3 Å². The SMILES string of the molecule is COc1ccc(C(NC(=O)c2c(C)nn(Cc3ccccc3)c2C)c2ccccc2)cc1. The van der Waals surface area contributed by atoms with Crippen molar-refractivity contribution in [3.05, 3.63) is 119 Å². The number of carbonyl (C=O) groups excluding carboxylic acids is 1. The van der Waals surface area contributed by atoms with Crippen LogP contribution in [0.5, 0.6) is 5.75 Å². The summed E-state index contributed by atoms with van der Waals surface area (Å²) < 4.78 is 7.18. The van der Waals surface area contributed by atoms with Gasteiger partial charge in [-0.2, -0.15) is 5.10 Å². The van der Waals surface area contributed by atoms with Crippen molar-refractivity contribution in [2.45, 2.75) is 26.4 Å². The Balaban J connectivity index is 1.63. The summed E-state index contributed by atoms with van der Waals surface area (Å²) in [6, 6.07) is 27.6. The molecule has 1 unspecified atom stereocenters. The molecule has 0 aliphatic heterocycles. The molecule has 5 heteroatoms. The summed E-state index contributed by atoms with van der Waals surface area (Å²) in [4.78, 5) is 13.4. The van der Waals surface area contributed by atoms with Crippen LogP contribution in [0.25, 0.3) is 0 Å². The number of rotatable bonds is 7. The van der Waals surface area contributed by atoms with Crippen molar-refractivity contribution in [3.8, 4) is 5.75 Å². The first-order chi connectivity index (χ1) is 15.6. The van der Waals surface area contributed by atoms with Gasteiger partial charge in [-0.15, -0.1) is 0 Å². The number of ether oxygens (including phenoxy) is 1. The molecule has 32 heavy (non-hydrogen) atoms. The van der Waals surface area contributed by atoms with Gasteiger partial charge in [-0.3, -0.25) is 9.48 Å². The van der Waals surface area contributed by atoms with Crippen LogP contribution in [0.15, 0.2) is 84.9 Å². The molecule has 0 bridgehead atoms. The van der Waals surface area contributed by atoms with Gasteiger partial charge in [0.05, 0.1) is 31.0 Å². The maximum Gasteiger partial charge on any atom is 0.255 e. The summed E-state index contributed by atoms with van der Waals surface area (Å²) in [5.41, 5.74) is 5.33. The summed E-state index contributed by atoms with van der Waals surface area (Å²) >= 11 is 0. The van der Waals surface area contributed by atoms with Crippen LogP contribution in [-0.4, -0.2) is 22.8 Å². The summed E-state index contributed by atoms with van der Waals surface area (Å²) in [5.74, 6) is 0.643. The van der Waals surface area contributed by atoms with Crippen molar-refractivity contribution in [1.82, 2.24) is 15.1 Å². The molecule has 5 nitrogen and oxygen atoms in total. The largest absolute Gasteiger partial charge is 0.497 e. The van der Waals surface area contributed by atoms with Crippen LogP contribution < -0.4 is 10.1 Å². The van der Waals surface area contributed by atoms with Gasteiger partial charge in [-0.25, -0.2) is 0 Å². The van der Waals surface area contributed by atoms with Crippen molar-refractivity contribution in [2.75, 3.05) is 7.11 Å². The van der Waals surface area contributed by atoms with E-state index in [4.69, 9.17) is 4.74 Å². The van der Waals surface area contributed by atoms with Gasteiger partial charge in [-0.1, -0.05) is 72.8 Å².